The van der Waals surface area contributed by atoms with Gasteiger partial charge in [-0.3, -0.25) is 4.79 Å². The summed E-state index contributed by atoms with van der Waals surface area (Å²) in [5.74, 6) is -2.77. The summed E-state index contributed by atoms with van der Waals surface area (Å²) in [7, 11) is 1.21. The van der Waals surface area contributed by atoms with Gasteiger partial charge in [-0.2, -0.15) is 4.89 Å². The average Bonchev–Trinajstić information content (AvgIpc) is 2.62. The van der Waals surface area contributed by atoms with Crippen molar-refractivity contribution in [3.8, 4) is 0 Å². The first kappa shape index (κ1) is 16.6. The topological polar surface area (TPSA) is 82.1 Å². The van der Waals surface area contributed by atoms with E-state index in [0.29, 0.717) is 5.02 Å². The number of hydrogen-bond donors (Lipinski definition) is 1. The molecule has 0 heterocycles. The van der Waals surface area contributed by atoms with Crippen LogP contribution < -0.4 is 0 Å². The molecule has 0 bridgehead atoms. The third kappa shape index (κ3) is 2.50. The Bertz CT molecular complexity index is 818. The number of ketones is 1. The average molecular weight is 349 g/mol. The minimum atomic E-state index is -1.83. The standard InChI is InChI=1S/C17H13ClO6/c1-22-15(19)9-23-17(24-21)13-5-3-2-4-11(13)16(20)12-8-10(18)6-7-14(12)17/h2-8,21H,9H2,1H3. The van der Waals surface area contributed by atoms with E-state index in [0.717, 1.165) is 0 Å². The Kier molecular flexibility index (Phi) is 4.38. The second kappa shape index (κ2) is 6.33. The second-order valence-electron chi connectivity index (χ2n) is 5.14. The molecule has 24 heavy (non-hydrogen) atoms. The van der Waals surface area contributed by atoms with Crippen LogP contribution in [0, 0.1) is 0 Å². The van der Waals surface area contributed by atoms with Gasteiger partial charge in [0, 0.05) is 27.3 Å². The summed E-state index contributed by atoms with van der Waals surface area (Å²) in [6.07, 6.45) is 0. The van der Waals surface area contributed by atoms with Crippen LogP contribution in [-0.2, 0) is 24.9 Å². The smallest absolute Gasteiger partial charge is 0.331 e. The highest BCUT2D eigenvalue weighted by molar-refractivity contribution is 6.31. The van der Waals surface area contributed by atoms with Crippen molar-refractivity contribution in [2.24, 2.45) is 0 Å². The monoisotopic (exact) mass is 348 g/mol. The molecular weight excluding hydrogens is 336 g/mol. The number of methoxy groups -OCH3 is 1. The molecule has 2 aromatic carbocycles. The molecule has 124 valence electrons. The molecule has 0 amide bonds. The first-order valence-electron chi connectivity index (χ1n) is 7.01. The molecule has 0 aromatic heterocycles. The predicted octanol–water partition coefficient (Wildman–Crippen LogP) is 2.76. The highest BCUT2D eigenvalue weighted by atomic mass is 35.5. The summed E-state index contributed by atoms with van der Waals surface area (Å²) in [5.41, 5.74) is 1.05. The van der Waals surface area contributed by atoms with Crippen LogP contribution in [0.3, 0.4) is 0 Å². The Balaban J connectivity index is 2.22. The van der Waals surface area contributed by atoms with Gasteiger partial charge in [0.2, 0.25) is 0 Å². The van der Waals surface area contributed by atoms with Gasteiger partial charge in [-0.05, 0) is 12.1 Å². The summed E-state index contributed by atoms with van der Waals surface area (Å²) in [5, 5.41) is 10.0. The highest BCUT2D eigenvalue weighted by Gasteiger charge is 2.47. The number of ether oxygens (including phenoxy) is 2. The summed E-state index contributed by atoms with van der Waals surface area (Å²) >= 11 is 5.98. The first-order chi connectivity index (χ1) is 11.5. The van der Waals surface area contributed by atoms with Crippen molar-refractivity contribution in [3.63, 3.8) is 0 Å². The molecule has 1 atom stereocenters. The van der Waals surface area contributed by atoms with Gasteiger partial charge in [0.05, 0.1) is 7.11 Å². The van der Waals surface area contributed by atoms with E-state index in [4.69, 9.17) is 16.3 Å². The van der Waals surface area contributed by atoms with Gasteiger partial charge in [-0.1, -0.05) is 41.9 Å². The molecule has 3 rings (SSSR count). The number of hydrogen-bond acceptors (Lipinski definition) is 6. The maximum atomic E-state index is 12.7. The number of esters is 1. The molecule has 7 heteroatoms. The van der Waals surface area contributed by atoms with Crippen molar-refractivity contribution < 1.29 is 29.2 Å². The van der Waals surface area contributed by atoms with Gasteiger partial charge in [0.25, 0.3) is 5.79 Å². The Morgan fingerprint density at radius 1 is 1.17 bits per heavy atom. The predicted molar refractivity (Wildman–Crippen MR) is 83.8 cm³/mol. The summed E-state index contributed by atoms with van der Waals surface area (Å²) in [6, 6.07) is 11.0. The summed E-state index contributed by atoms with van der Waals surface area (Å²) in [6.45, 7) is -0.484. The lowest BCUT2D eigenvalue weighted by molar-refractivity contribution is -0.394. The Morgan fingerprint density at radius 3 is 2.58 bits per heavy atom. The van der Waals surface area contributed by atoms with E-state index in [1.54, 1.807) is 24.3 Å². The van der Waals surface area contributed by atoms with Gasteiger partial charge in [-0.25, -0.2) is 10.1 Å². The Hall–Kier alpha value is -2.25. The number of carbonyl (C=O) groups excluding carboxylic acids is 2. The van der Waals surface area contributed by atoms with E-state index >= 15 is 0 Å². The molecule has 6 nitrogen and oxygen atoms in total. The third-order valence-electron chi connectivity index (χ3n) is 3.86. The van der Waals surface area contributed by atoms with Crippen LogP contribution in [-0.4, -0.2) is 30.7 Å². The normalized spacial score (nSPS) is 18.7. The SMILES string of the molecule is COC(=O)COC1(OO)c2ccccc2C(=O)c2cc(Cl)ccc21. The molecule has 1 aliphatic rings. The Labute approximate surface area is 142 Å². The molecule has 0 aliphatic heterocycles. The van der Waals surface area contributed by atoms with Crippen molar-refractivity contribution in [1.29, 1.82) is 0 Å². The minimum absolute atomic E-state index is 0.222. The second-order valence-corrected chi connectivity index (χ2v) is 5.57. The zero-order valence-electron chi connectivity index (χ0n) is 12.6. The summed E-state index contributed by atoms with van der Waals surface area (Å²) in [4.78, 5) is 28.9. The van der Waals surface area contributed by atoms with Crippen molar-refractivity contribution in [1.82, 2.24) is 0 Å². The van der Waals surface area contributed by atoms with Crippen molar-refractivity contribution in [2.75, 3.05) is 13.7 Å². The largest absolute Gasteiger partial charge is 0.467 e. The number of carbonyl (C=O) groups is 2. The van der Waals surface area contributed by atoms with Crippen LogP contribution in [0.1, 0.15) is 27.0 Å². The molecule has 1 N–H and O–H groups in total. The quantitative estimate of drug-likeness (QED) is 0.396. The van der Waals surface area contributed by atoms with Gasteiger partial charge in [0.15, 0.2) is 5.78 Å². The van der Waals surface area contributed by atoms with Crippen LogP contribution in [0.15, 0.2) is 42.5 Å². The fourth-order valence-corrected chi connectivity index (χ4v) is 2.92. The van der Waals surface area contributed by atoms with Gasteiger partial charge in [0.1, 0.15) is 6.61 Å². The molecule has 0 saturated carbocycles. The molecule has 0 spiro atoms. The molecule has 0 radical (unpaired) electrons. The van der Waals surface area contributed by atoms with Crippen LogP contribution in [0.5, 0.6) is 0 Å². The van der Waals surface area contributed by atoms with Crippen LogP contribution >= 0.6 is 11.6 Å². The number of rotatable bonds is 4. The fourth-order valence-electron chi connectivity index (χ4n) is 2.75. The number of benzene rings is 2. The van der Waals surface area contributed by atoms with E-state index in [2.05, 4.69) is 9.62 Å². The fraction of sp³-hybridized carbons (Fsp3) is 0.176. The van der Waals surface area contributed by atoms with E-state index in [1.807, 2.05) is 0 Å². The van der Waals surface area contributed by atoms with Crippen molar-refractivity contribution in [3.05, 3.63) is 69.7 Å². The van der Waals surface area contributed by atoms with Crippen LogP contribution in [0.2, 0.25) is 5.02 Å². The van der Waals surface area contributed by atoms with E-state index in [9.17, 15) is 14.8 Å². The lowest BCUT2D eigenvalue weighted by Gasteiger charge is -2.36. The maximum absolute atomic E-state index is 12.7. The molecule has 1 aliphatic carbocycles. The minimum Gasteiger partial charge on any atom is -0.467 e. The van der Waals surface area contributed by atoms with E-state index < -0.39 is 18.4 Å². The molecule has 0 fully saturated rings. The molecule has 0 saturated heterocycles. The van der Waals surface area contributed by atoms with Crippen molar-refractivity contribution in [2.45, 2.75) is 5.79 Å². The van der Waals surface area contributed by atoms with Crippen LogP contribution in [0.4, 0.5) is 0 Å². The molecule has 1 unspecified atom stereocenters. The van der Waals surface area contributed by atoms with Crippen LogP contribution in [0.25, 0.3) is 0 Å². The van der Waals surface area contributed by atoms with Crippen molar-refractivity contribution >= 4 is 23.4 Å². The number of halogens is 1. The van der Waals surface area contributed by atoms with Gasteiger partial charge >= 0.3 is 5.97 Å². The number of fused-ring (bicyclic) bond motifs is 2. The molecule has 2 aromatic rings. The van der Waals surface area contributed by atoms with Gasteiger partial charge in [-0.15, -0.1) is 0 Å². The highest BCUT2D eigenvalue weighted by Crippen LogP contribution is 2.43. The molecular formula is C17H13ClO6. The third-order valence-corrected chi connectivity index (χ3v) is 4.09. The zero-order valence-corrected chi connectivity index (χ0v) is 13.4. The van der Waals surface area contributed by atoms with E-state index in [1.165, 1.54) is 25.3 Å². The summed E-state index contributed by atoms with van der Waals surface area (Å²) < 4.78 is 10.1. The maximum Gasteiger partial charge on any atom is 0.331 e. The van der Waals surface area contributed by atoms with Gasteiger partial charge < -0.3 is 9.47 Å². The zero-order chi connectivity index (χ0) is 17.3. The van der Waals surface area contributed by atoms with E-state index in [-0.39, 0.29) is 28.0 Å². The Morgan fingerprint density at radius 2 is 1.88 bits per heavy atom. The first-order valence-corrected chi connectivity index (χ1v) is 7.39. The lowest BCUT2D eigenvalue weighted by Crippen LogP contribution is -2.41. The lowest BCUT2D eigenvalue weighted by atomic mass is 9.80.